The monoisotopic (exact) mass is 191 g/mol. The topological polar surface area (TPSA) is 76.7 Å². The molecule has 0 bridgehead atoms. The normalized spacial score (nSPS) is 10.4. The average molecular weight is 191 g/mol. The van der Waals surface area contributed by atoms with E-state index in [0.717, 1.165) is 0 Å². The summed E-state index contributed by atoms with van der Waals surface area (Å²) in [6.07, 6.45) is 4.53. The second-order valence-electron chi connectivity index (χ2n) is 2.76. The summed E-state index contributed by atoms with van der Waals surface area (Å²) in [5, 5.41) is 13.0. The molecule has 0 unspecified atom stereocenters. The van der Waals surface area contributed by atoms with Crippen LogP contribution in [0.25, 0.3) is 5.82 Å². The third-order valence-electron chi connectivity index (χ3n) is 1.77. The second kappa shape index (κ2) is 3.51. The molecule has 0 atom stereocenters. The lowest BCUT2D eigenvalue weighted by atomic mass is 10.3. The van der Waals surface area contributed by atoms with Gasteiger partial charge in [-0.15, -0.1) is 0 Å². The Bertz CT molecular complexity index is 425. The first kappa shape index (κ1) is 8.76. The van der Waals surface area contributed by atoms with Gasteiger partial charge in [0.25, 0.3) is 0 Å². The number of hydrogen-bond donors (Lipinski definition) is 1. The van der Waals surface area contributed by atoms with Gasteiger partial charge in [0.1, 0.15) is 18.5 Å². The average Bonchev–Trinajstić information content (AvgIpc) is 2.70. The molecule has 2 rings (SSSR count). The van der Waals surface area contributed by atoms with Crippen LogP contribution in [0.15, 0.2) is 18.9 Å². The van der Waals surface area contributed by atoms with Crippen LogP contribution in [0.2, 0.25) is 0 Å². The van der Waals surface area contributed by atoms with Gasteiger partial charge in [-0.05, 0) is 6.92 Å². The third-order valence-corrected chi connectivity index (χ3v) is 1.77. The zero-order valence-corrected chi connectivity index (χ0v) is 7.62. The fourth-order valence-corrected chi connectivity index (χ4v) is 1.11. The Balaban J connectivity index is 2.55. The molecule has 72 valence electrons. The van der Waals surface area contributed by atoms with Crippen molar-refractivity contribution >= 4 is 0 Å². The molecule has 0 aromatic carbocycles. The Morgan fingerprint density at radius 3 is 3.00 bits per heavy atom. The molecule has 0 aliphatic carbocycles. The van der Waals surface area contributed by atoms with Crippen LogP contribution < -0.4 is 0 Å². The van der Waals surface area contributed by atoms with Crippen LogP contribution in [0.4, 0.5) is 0 Å². The zero-order chi connectivity index (χ0) is 9.97. The molecule has 6 heteroatoms. The molecule has 0 spiro atoms. The molecule has 0 radical (unpaired) electrons. The summed E-state index contributed by atoms with van der Waals surface area (Å²) in [7, 11) is 0. The van der Waals surface area contributed by atoms with Crippen molar-refractivity contribution in [2.45, 2.75) is 13.5 Å². The number of aromatic nitrogens is 5. The lowest BCUT2D eigenvalue weighted by molar-refractivity contribution is 0.280. The van der Waals surface area contributed by atoms with Crippen LogP contribution in [-0.4, -0.2) is 29.8 Å². The Kier molecular flexibility index (Phi) is 2.19. The quantitative estimate of drug-likeness (QED) is 0.714. The van der Waals surface area contributed by atoms with Gasteiger partial charge in [0.05, 0.1) is 6.61 Å². The molecule has 0 fully saturated rings. The maximum atomic E-state index is 9.07. The standard InChI is InChI=1S/C8H9N5O/c1-6-10-2-7(3-14)8(12-6)13-5-9-4-11-13/h2,4-5,14H,3H2,1H3. The van der Waals surface area contributed by atoms with Crippen molar-refractivity contribution in [1.82, 2.24) is 24.7 Å². The molecule has 0 aliphatic heterocycles. The highest BCUT2D eigenvalue weighted by Crippen LogP contribution is 2.08. The number of aryl methyl sites for hydroxylation is 1. The summed E-state index contributed by atoms with van der Waals surface area (Å²) in [5.41, 5.74) is 0.626. The van der Waals surface area contributed by atoms with E-state index in [1.807, 2.05) is 0 Å². The third kappa shape index (κ3) is 1.47. The van der Waals surface area contributed by atoms with Gasteiger partial charge >= 0.3 is 0 Å². The van der Waals surface area contributed by atoms with E-state index in [2.05, 4.69) is 20.1 Å². The molecule has 6 nitrogen and oxygen atoms in total. The van der Waals surface area contributed by atoms with Gasteiger partial charge in [0, 0.05) is 11.8 Å². The largest absolute Gasteiger partial charge is 0.391 e. The SMILES string of the molecule is Cc1ncc(CO)c(-n2cncn2)n1. The smallest absolute Gasteiger partial charge is 0.164 e. The predicted molar refractivity (Wildman–Crippen MR) is 47.6 cm³/mol. The molecule has 0 aliphatic rings. The summed E-state index contributed by atoms with van der Waals surface area (Å²) < 4.78 is 1.50. The van der Waals surface area contributed by atoms with Gasteiger partial charge < -0.3 is 5.11 Å². The van der Waals surface area contributed by atoms with E-state index in [0.29, 0.717) is 17.2 Å². The van der Waals surface area contributed by atoms with Gasteiger partial charge in [0.2, 0.25) is 0 Å². The molecule has 2 heterocycles. The zero-order valence-electron chi connectivity index (χ0n) is 7.62. The molecule has 1 N–H and O–H groups in total. The van der Waals surface area contributed by atoms with Crippen LogP contribution in [0.3, 0.4) is 0 Å². The van der Waals surface area contributed by atoms with Crippen molar-refractivity contribution in [3.05, 3.63) is 30.2 Å². The summed E-state index contributed by atoms with van der Waals surface area (Å²) >= 11 is 0. The van der Waals surface area contributed by atoms with Crippen molar-refractivity contribution < 1.29 is 5.11 Å². The van der Waals surface area contributed by atoms with Gasteiger partial charge in [0.15, 0.2) is 5.82 Å². The Hall–Kier alpha value is -1.82. The van der Waals surface area contributed by atoms with Gasteiger partial charge in [-0.1, -0.05) is 0 Å². The first-order valence-electron chi connectivity index (χ1n) is 4.09. The highest BCUT2D eigenvalue weighted by Gasteiger charge is 2.06. The van der Waals surface area contributed by atoms with E-state index in [-0.39, 0.29) is 6.61 Å². The first-order chi connectivity index (χ1) is 6.81. The lowest BCUT2D eigenvalue weighted by Gasteiger charge is -2.05. The Morgan fingerprint density at radius 2 is 2.36 bits per heavy atom. The van der Waals surface area contributed by atoms with Crippen molar-refractivity contribution in [2.75, 3.05) is 0 Å². The highest BCUT2D eigenvalue weighted by atomic mass is 16.3. The number of aliphatic hydroxyl groups is 1. The maximum Gasteiger partial charge on any atom is 0.164 e. The number of hydrogen-bond acceptors (Lipinski definition) is 5. The first-order valence-corrected chi connectivity index (χ1v) is 4.09. The number of aliphatic hydroxyl groups excluding tert-OH is 1. The minimum absolute atomic E-state index is 0.116. The predicted octanol–water partition coefficient (Wildman–Crippen LogP) is -0.142. The van der Waals surface area contributed by atoms with Gasteiger partial charge in [-0.3, -0.25) is 0 Å². The summed E-state index contributed by atoms with van der Waals surface area (Å²) in [5.74, 6) is 1.20. The molecule has 0 saturated carbocycles. The molecule has 2 aromatic heterocycles. The van der Waals surface area contributed by atoms with E-state index in [1.165, 1.54) is 17.3 Å². The molecule has 0 amide bonds. The van der Waals surface area contributed by atoms with Crippen LogP contribution in [0.1, 0.15) is 11.4 Å². The molecule has 0 saturated heterocycles. The van der Waals surface area contributed by atoms with E-state index in [9.17, 15) is 0 Å². The Labute approximate surface area is 80.3 Å². The van der Waals surface area contributed by atoms with Crippen LogP contribution in [0.5, 0.6) is 0 Å². The second-order valence-corrected chi connectivity index (χ2v) is 2.76. The molecule has 2 aromatic rings. The van der Waals surface area contributed by atoms with E-state index < -0.39 is 0 Å². The molecular formula is C8H9N5O. The van der Waals surface area contributed by atoms with E-state index >= 15 is 0 Å². The highest BCUT2D eigenvalue weighted by molar-refractivity contribution is 5.29. The van der Waals surface area contributed by atoms with E-state index in [1.54, 1.807) is 13.1 Å². The summed E-state index contributed by atoms with van der Waals surface area (Å²) in [6.45, 7) is 1.66. The van der Waals surface area contributed by atoms with Crippen LogP contribution >= 0.6 is 0 Å². The van der Waals surface area contributed by atoms with Crippen LogP contribution in [0, 0.1) is 6.92 Å². The van der Waals surface area contributed by atoms with Gasteiger partial charge in [-0.2, -0.15) is 5.10 Å². The number of nitrogens with zero attached hydrogens (tertiary/aromatic N) is 5. The molecular weight excluding hydrogens is 182 g/mol. The summed E-state index contributed by atoms with van der Waals surface area (Å²) in [6, 6.07) is 0. The van der Waals surface area contributed by atoms with Crippen LogP contribution in [-0.2, 0) is 6.61 Å². The van der Waals surface area contributed by atoms with Crippen molar-refractivity contribution in [3.63, 3.8) is 0 Å². The minimum atomic E-state index is -0.116. The van der Waals surface area contributed by atoms with Crippen molar-refractivity contribution in [2.24, 2.45) is 0 Å². The minimum Gasteiger partial charge on any atom is -0.391 e. The fraction of sp³-hybridized carbons (Fsp3) is 0.250. The molecule has 14 heavy (non-hydrogen) atoms. The maximum absolute atomic E-state index is 9.07. The Morgan fingerprint density at radius 1 is 1.50 bits per heavy atom. The van der Waals surface area contributed by atoms with Gasteiger partial charge in [-0.25, -0.2) is 19.6 Å². The van der Waals surface area contributed by atoms with Crippen molar-refractivity contribution in [3.8, 4) is 5.82 Å². The summed E-state index contributed by atoms with van der Waals surface area (Å²) in [4.78, 5) is 12.0. The number of rotatable bonds is 2. The fourth-order valence-electron chi connectivity index (χ4n) is 1.11. The van der Waals surface area contributed by atoms with E-state index in [4.69, 9.17) is 5.11 Å². The lowest BCUT2D eigenvalue weighted by Crippen LogP contribution is -2.06. The van der Waals surface area contributed by atoms with Crippen molar-refractivity contribution in [1.29, 1.82) is 0 Å².